The van der Waals surface area contributed by atoms with Gasteiger partial charge in [0.05, 0.1) is 12.4 Å². The summed E-state index contributed by atoms with van der Waals surface area (Å²) in [7, 11) is -1.74. The number of methoxy groups -OCH3 is 1. The maximum absolute atomic E-state index is 13.6. The third kappa shape index (κ3) is 2.79. The highest BCUT2D eigenvalue weighted by Gasteiger charge is 2.40. The highest BCUT2D eigenvalue weighted by atomic mass is 31.2. The molecule has 1 aliphatic rings. The molecule has 0 radical (unpaired) electrons. The van der Waals surface area contributed by atoms with E-state index in [-0.39, 0.29) is 18.0 Å². The van der Waals surface area contributed by atoms with E-state index in [9.17, 15) is 9.36 Å². The molecule has 1 aliphatic heterocycles. The Labute approximate surface area is 135 Å². The number of hydrogen-bond donors (Lipinski definition) is 0. The van der Waals surface area contributed by atoms with Gasteiger partial charge in [0.1, 0.15) is 5.75 Å². The van der Waals surface area contributed by atoms with Crippen molar-refractivity contribution in [1.29, 1.82) is 0 Å². The van der Waals surface area contributed by atoms with E-state index in [4.69, 9.17) is 4.52 Å². The first-order valence-electron chi connectivity index (χ1n) is 7.61. The molecule has 2 aromatic carbocycles. The summed E-state index contributed by atoms with van der Waals surface area (Å²) < 4.78 is 24.3. The van der Waals surface area contributed by atoms with E-state index in [1.165, 1.54) is 7.11 Å². The number of hydrogen-bond acceptors (Lipinski definition) is 4. The monoisotopic (exact) mass is 330 g/mol. The van der Waals surface area contributed by atoms with Crippen LogP contribution in [0.5, 0.6) is 5.75 Å². The van der Waals surface area contributed by atoms with Crippen molar-refractivity contribution >= 4 is 18.6 Å². The van der Waals surface area contributed by atoms with Gasteiger partial charge in [0.15, 0.2) is 0 Å². The summed E-state index contributed by atoms with van der Waals surface area (Å²) in [6, 6.07) is 15.3. The van der Waals surface area contributed by atoms with Gasteiger partial charge in [-0.1, -0.05) is 43.3 Å². The molecule has 0 aliphatic carbocycles. The third-order valence-corrected chi connectivity index (χ3v) is 7.17. The van der Waals surface area contributed by atoms with Crippen molar-refractivity contribution in [2.75, 3.05) is 7.11 Å². The predicted octanol–water partition coefficient (Wildman–Crippen LogP) is 3.99. The van der Waals surface area contributed by atoms with Crippen LogP contribution in [-0.4, -0.2) is 18.7 Å². The van der Waals surface area contributed by atoms with Crippen LogP contribution in [0.1, 0.15) is 19.8 Å². The summed E-state index contributed by atoms with van der Waals surface area (Å²) >= 11 is 0. The van der Waals surface area contributed by atoms with Crippen molar-refractivity contribution in [2.24, 2.45) is 0 Å². The number of ether oxygens (including phenoxy) is 1. The number of rotatable bonds is 4. The minimum atomic E-state index is -3.10. The Morgan fingerprint density at radius 1 is 1.13 bits per heavy atom. The van der Waals surface area contributed by atoms with Gasteiger partial charge in [-0.05, 0) is 24.1 Å². The average molecular weight is 330 g/mol. The molecular weight excluding hydrogens is 311 g/mol. The first-order chi connectivity index (χ1) is 11.1. The SMILES string of the molecule is COC(=O)CCC(C)P1(=O)Oc2ccccc2-c2ccccc21. The fraction of sp³-hybridized carbons (Fsp3) is 0.278. The molecule has 2 aromatic rings. The van der Waals surface area contributed by atoms with Crippen molar-refractivity contribution in [2.45, 2.75) is 25.4 Å². The van der Waals surface area contributed by atoms with E-state index in [1.807, 2.05) is 55.5 Å². The van der Waals surface area contributed by atoms with E-state index in [0.29, 0.717) is 12.2 Å². The van der Waals surface area contributed by atoms with Gasteiger partial charge >= 0.3 is 5.97 Å². The van der Waals surface area contributed by atoms with Gasteiger partial charge in [0.25, 0.3) is 7.37 Å². The molecule has 23 heavy (non-hydrogen) atoms. The topological polar surface area (TPSA) is 52.6 Å². The zero-order valence-corrected chi connectivity index (χ0v) is 14.1. The van der Waals surface area contributed by atoms with E-state index in [1.54, 1.807) is 0 Å². The number of carbonyl (C=O) groups excluding carboxylic acids is 1. The molecule has 0 fully saturated rings. The van der Waals surface area contributed by atoms with Crippen LogP contribution in [0.2, 0.25) is 0 Å². The summed E-state index contributed by atoms with van der Waals surface area (Å²) in [5.41, 5.74) is 1.63. The maximum atomic E-state index is 13.6. The second kappa shape index (κ2) is 6.21. The molecule has 2 unspecified atom stereocenters. The second-order valence-corrected chi connectivity index (χ2v) is 8.41. The van der Waals surface area contributed by atoms with Gasteiger partial charge < -0.3 is 9.26 Å². The molecule has 3 rings (SSSR count). The number of para-hydroxylation sites is 1. The van der Waals surface area contributed by atoms with Crippen molar-refractivity contribution in [3.05, 3.63) is 48.5 Å². The average Bonchev–Trinajstić information content (AvgIpc) is 2.59. The lowest BCUT2D eigenvalue weighted by Gasteiger charge is -2.32. The Kier molecular flexibility index (Phi) is 4.27. The van der Waals surface area contributed by atoms with Gasteiger partial charge in [-0.2, -0.15) is 0 Å². The second-order valence-electron chi connectivity index (χ2n) is 5.67. The third-order valence-electron chi connectivity index (χ3n) is 4.23. The van der Waals surface area contributed by atoms with Crippen LogP contribution in [0.15, 0.2) is 48.5 Å². The van der Waals surface area contributed by atoms with Crippen LogP contribution in [-0.2, 0) is 14.1 Å². The molecule has 0 N–H and O–H groups in total. The van der Waals surface area contributed by atoms with Crippen molar-refractivity contribution in [3.8, 4) is 16.9 Å². The van der Waals surface area contributed by atoms with Crippen LogP contribution in [0, 0.1) is 0 Å². The summed E-state index contributed by atoms with van der Waals surface area (Å²) in [5.74, 6) is 0.341. The molecule has 5 heteroatoms. The Morgan fingerprint density at radius 3 is 2.52 bits per heavy atom. The summed E-state index contributed by atoms with van der Waals surface area (Å²) in [4.78, 5) is 11.4. The molecule has 2 atom stereocenters. The number of esters is 1. The van der Waals surface area contributed by atoms with E-state index < -0.39 is 7.37 Å². The Morgan fingerprint density at radius 2 is 1.78 bits per heavy atom. The molecule has 0 amide bonds. The molecule has 0 bridgehead atoms. The van der Waals surface area contributed by atoms with E-state index >= 15 is 0 Å². The zero-order valence-electron chi connectivity index (χ0n) is 13.2. The summed E-state index contributed by atoms with van der Waals surface area (Å²) in [6.07, 6.45) is 0.690. The van der Waals surface area contributed by atoms with Gasteiger partial charge in [-0.15, -0.1) is 0 Å². The molecule has 0 spiro atoms. The molecule has 0 aromatic heterocycles. The van der Waals surface area contributed by atoms with E-state index in [2.05, 4.69) is 4.74 Å². The van der Waals surface area contributed by atoms with Crippen molar-refractivity contribution in [3.63, 3.8) is 0 Å². The fourth-order valence-electron chi connectivity index (χ4n) is 2.86. The minimum Gasteiger partial charge on any atom is -0.469 e. The number of benzene rings is 2. The van der Waals surface area contributed by atoms with Crippen LogP contribution < -0.4 is 9.83 Å². The Bertz CT molecular complexity index is 784. The highest BCUT2D eigenvalue weighted by molar-refractivity contribution is 7.68. The quantitative estimate of drug-likeness (QED) is 0.628. The highest BCUT2D eigenvalue weighted by Crippen LogP contribution is 2.58. The summed E-state index contributed by atoms with van der Waals surface area (Å²) in [5, 5.41) is 0.732. The van der Waals surface area contributed by atoms with Crippen molar-refractivity contribution < 1.29 is 18.6 Å². The van der Waals surface area contributed by atoms with Crippen LogP contribution in [0.25, 0.3) is 11.1 Å². The fourth-order valence-corrected chi connectivity index (χ4v) is 5.36. The molecular formula is C18H19O4P. The lowest BCUT2D eigenvalue weighted by atomic mass is 10.0. The van der Waals surface area contributed by atoms with Gasteiger partial charge in [0.2, 0.25) is 0 Å². The van der Waals surface area contributed by atoms with Gasteiger partial charge in [-0.3, -0.25) is 9.36 Å². The maximum Gasteiger partial charge on any atom is 0.305 e. The van der Waals surface area contributed by atoms with Crippen LogP contribution >= 0.6 is 7.37 Å². The largest absolute Gasteiger partial charge is 0.469 e. The van der Waals surface area contributed by atoms with E-state index in [0.717, 1.165) is 16.4 Å². The van der Waals surface area contributed by atoms with Crippen molar-refractivity contribution in [1.82, 2.24) is 0 Å². The standard InChI is InChI=1S/C18H19O4P/c1-13(11-12-18(19)21-2)23(20)17-10-6-4-8-15(17)14-7-3-5-9-16(14)22-23/h3-10,13H,11-12H2,1-2H3. The molecule has 0 saturated heterocycles. The zero-order chi connectivity index (χ0) is 16.4. The summed E-state index contributed by atoms with van der Waals surface area (Å²) in [6.45, 7) is 1.87. The predicted molar refractivity (Wildman–Crippen MR) is 90.5 cm³/mol. The first kappa shape index (κ1) is 15.8. The number of fused-ring (bicyclic) bond motifs is 3. The van der Waals surface area contributed by atoms with Crippen LogP contribution in [0.4, 0.5) is 0 Å². The van der Waals surface area contributed by atoms with Gasteiger partial charge in [0, 0.05) is 17.6 Å². The smallest absolute Gasteiger partial charge is 0.305 e. The van der Waals surface area contributed by atoms with Gasteiger partial charge in [-0.25, -0.2) is 0 Å². The Hall–Kier alpha value is -2.06. The first-order valence-corrected chi connectivity index (χ1v) is 9.31. The molecule has 1 heterocycles. The Balaban J connectivity index is 2.01. The molecule has 4 nitrogen and oxygen atoms in total. The minimum absolute atomic E-state index is 0.231. The molecule has 0 saturated carbocycles. The normalized spacial score (nSPS) is 19.9. The molecule has 120 valence electrons. The van der Waals surface area contributed by atoms with Crippen LogP contribution in [0.3, 0.4) is 0 Å². The number of carbonyl (C=O) groups is 1. The lowest BCUT2D eigenvalue weighted by Crippen LogP contribution is -2.25. The lowest BCUT2D eigenvalue weighted by molar-refractivity contribution is -0.140.